The van der Waals surface area contributed by atoms with Crippen LogP contribution in [0, 0.1) is 5.92 Å². The van der Waals surface area contributed by atoms with Crippen molar-refractivity contribution in [3.63, 3.8) is 0 Å². The summed E-state index contributed by atoms with van der Waals surface area (Å²) in [7, 11) is 0. The summed E-state index contributed by atoms with van der Waals surface area (Å²) in [6, 6.07) is 0.464. The molecular formula is C12H23NOS. The molecule has 0 heterocycles. The number of hydrogen-bond donors (Lipinski definition) is 1. The van der Waals surface area contributed by atoms with Crippen LogP contribution < -0.4 is 5.32 Å². The van der Waals surface area contributed by atoms with E-state index in [9.17, 15) is 4.79 Å². The van der Waals surface area contributed by atoms with E-state index < -0.39 is 0 Å². The van der Waals surface area contributed by atoms with Crippen molar-refractivity contribution in [2.24, 2.45) is 5.92 Å². The van der Waals surface area contributed by atoms with E-state index in [1.54, 1.807) is 11.8 Å². The van der Waals surface area contributed by atoms with Gasteiger partial charge < -0.3 is 5.32 Å². The van der Waals surface area contributed by atoms with E-state index in [2.05, 4.69) is 19.2 Å². The van der Waals surface area contributed by atoms with Crippen molar-refractivity contribution in [1.29, 1.82) is 0 Å². The molecule has 1 fully saturated rings. The topological polar surface area (TPSA) is 29.1 Å². The average Bonchev–Trinajstić information content (AvgIpc) is 2.18. The summed E-state index contributed by atoms with van der Waals surface area (Å²) in [6.45, 7) is 4.37. The third-order valence-electron chi connectivity index (χ3n) is 2.65. The standard InChI is InChI=1S/C12H23NOS/c1-10(2)8-15-9-12(14)13-11-6-4-3-5-7-11/h10-11H,3-9H2,1-2H3,(H,13,14). The van der Waals surface area contributed by atoms with Gasteiger partial charge in [-0.15, -0.1) is 0 Å². The average molecular weight is 229 g/mol. The largest absolute Gasteiger partial charge is 0.353 e. The molecule has 2 nitrogen and oxygen atoms in total. The normalized spacial score (nSPS) is 18.1. The predicted molar refractivity (Wildman–Crippen MR) is 67.2 cm³/mol. The fraction of sp³-hybridized carbons (Fsp3) is 0.917. The van der Waals surface area contributed by atoms with Crippen LogP contribution in [-0.4, -0.2) is 23.5 Å². The van der Waals surface area contributed by atoms with Gasteiger partial charge in [-0.1, -0.05) is 33.1 Å². The minimum atomic E-state index is 0.229. The van der Waals surface area contributed by atoms with Gasteiger partial charge in [0.25, 0.3) is 0 Å². The van der Waals surface area contributed by atoms with Gasteiger partial charge in [0.15, 0.2) is 0 Å². The van der Waals surface area contributed by atoms with Gasteiger partial charge in [-0.25, -0.2) is 0 Å². The zero-order chi connectivity index (χ0) is 11.1. The molecule has 0 atom stereocenters. The Bertz CT molecular complexity index is 188. The molecule has 0 aliphatic heterocycles. The van der Waals surface area contributed by atoms with Gasteiger partial charge in [0, 0.05) is 6.04 Å². The molecule has 0 radical (unpaired) electrons. The molecular weight excluding hydrogens is 206 g/mol. The van der Waals surface area contributed by atoms with Crippen LogP contribution in [0.3, 0.4) is 0 Å². The maximum absolute atomic E-state index is 11.6. The third kappa shape index (κ3) is 6.08. The van der Waals surface area contributed by atoms with Gasteiger partial charge in [0.2, 0.25) is 5.91 Å². The second-order valence-electron chi connectivity index (χ2n) is 4.81. The van der Waals surface area contributed by atoms with Crippen molar-refractivity contribution in [2.75, 3.05) is 11.5 Å². The highest BCUT2D eigenvalue weighted by Crippen LogP contribution is 2.17. The summed E-state index contributed by atoms with van der Waals surface area (Å²) in [5, 5.41) is 3.13. The molecule has 88 valence electrons. The van der Waals surface area contributed by atoms with E-state index in [4.69, 9.17) is 0 Å². The third-order valence-corrected chi connectivity index (χ3v) is 4.02. The number of thioether (sulfide) groups is 1. The monoisotopic (exact) mass is 229 g/mol. The molecule has 0 bridgehead atoms. The molecule has 0 spiro atoms. The molecule has 0 saturated heterocycles. The molecule has 0 aromatic carbocycles. The van der Waals surface area contributed by atoms with Crippen LogP contribution in [0.5, 0.6) is 0 Å². The number of carbonyl (C=O) groups is 1. The van der Waals surface area contributed by atoms with E-state index in [-0.39, 0.29) is 5.91 Å². The summed E-state index contributed by atoms with van der Waals surface area (Å²) < 4.78 is 0. The van der Waals surface area contributed by atoms with E-state index in [1.165, 1.54) is 32.1 Å². The Labute approximate surface area is 97.6 Å². The lowest BCUT2D eigenvalue weighted by Crippen LogP contribution is -2.37. The van der Waals surface area contributed by atoms with Crippen LogP contribution in [0.25, 0.3) is 0 Å². The lowest BCUT2D eigenvalue weighted by Gasteiger charge is -2.22. The minimum absolute atomic E-state index is 0.229. The first-order valence-corrected chi connectivity index (χ1v) is 7.21. The van der Waals surface area contributed by atoms with Crippen molar-refractivity contribution in [3.05, 3.63) is 0 Å². The first kappa shape index (κ1) is 12.9. The molecule has 1 aliphatic carbocycles. The van der Waals surface area contributed by atoms with Crippen LogP contribution in [-0.2, 0) is 4.79 Å². The van der Waals surface area contributed by atoms with Gasteiger partial charge >= 0.3 is 0 Å². The number of rotatable bonds is 5. The van der Waals surface area contributed by atoms with Crippen LogP contribution >= 0.6 is 11.8 Å². The van der Waals surface area contributed by atoms with Crippen molar-refractivity contribution in [1.82, 2.24) is 5.32 Å². The first-order chi connectivity index (χ1) is 7.18. The van der Waals surface area contributed by atoms with Crippen LogP contribution in [0.4, 0.5) is 0 Å². The molecule has 1 rings (SSSR count). The van der Waals surface area contributed by atoms with Crippen molar-refractivity contribution >= 4 is 17.7 Å². The summed E-state index contributed by atoms with van der Waals surface area (Å²) in [4.78, 5) is 11.6. The zero-order valence-electron chi connectivity index (χ0n) is 9.92. The molecule has 1 N–H and O–H groups in total. The van der Waals surface area contributed by atoms with Gasteiger partial charge in [0.05, 0.1) is 5.75 Å². The number of amides is 1. The Morgan fingerprint density at radius 2 is 2.00 bits per heavy atom. The zero-order valence-corrected chi connectivity index (χ0v) is 10.7. The van der Waals surface area contributed by atoms with Crippen molar-refractivity contribution in [3.8, 4) is 0 Å². The maximum atomic E-state index is 11.6. The molecule has 0 aromatic heterocycles. The second kappa shape index (κ2) is 7.15. The summed E-state index contributed by atoms with van der Waals surface area (Å²) in [5.74, 6) is 2.62. The quantitative estimate of drug-likeness (QED) is 0.785. The Morgan fingerprint density at radius 1 is 1.33 bits per heavy atom. The van der Waals surface area contributed by atoms with Gasteiger partial charge in [-0.3, -0.25) is 4.79 Å². The van der Waals surface area contributed by atoms with Gasteiger partial charge in [-0.05, 0) is 24.5 Å². The fourth-order valence-electron chi connectivity index (χ4n) is 1.90. The molecule has 1 saturated carbocycles. The number of nitrogens with one attached hydrogen (secondary N) is 1. The number of carbonyl (C=O) groups excluding carboxylic acids is 1. The summed E-state index contributed by atoms with van der Waals surface area (Å²) in [5.41, 5.74) is 0. The van der Waals surface area contributed by atoms with Crippen molar-refractivity contribution in [2.45, 2.75) is 52.0 Å². The Morgan fingerprint density at radius 3 is 2.60 bits per heavy atom. The molecule has 15 heavy (non-hydrogen) atoms. The van der Waals surface area contributed by atoms with Crippen LogP contribution in [0.15, 0.2) is 0 Å². The van der Waals surface area contributed by atoms with E-state index in [0.29, 0.717) is 17.7 Å². The lowest BCUT2D eigenvalue weighted by molar-refractivity contribution is -0.119. The Hall–Kier alpha value is -0.180. The van der Waals surface area contributed by atoms with E-state index >= 15 is 0 Å². The predicted octanol–water partition coefficient (Wildman–Crippen LogP) is 2.82. The van der Waals surface area contributed by atoms with Gasteiger partial charge in [0.1, 0.15) is 0 Å². The SMILES string of the molecule is CC(C)CSCC(=O)NC1CCCCC1. The van der Waals surface area contributed by atoms with E-state index in [0.717, 1.165) is 5.75 Å². The molecule has 1 amide bonds. The number of hydrogen-bond acceptors (Lipinski definition) is 2. The fourth-order valence-corrected chi connectivity index (χ4v) is 2.76. The second-order valence-corrected chi connectivity index (χ2v) is 5.84. The molecule has 0 aromatic rings. The van der Waals surface area contributed by atoms with Crippen LogP contribution in [0.1, 0.15) is 46.0 Å². The van der Waals surface area contributed by atoms with Crippen molar-refractivity contribution < 1.29 is 4.79 Å². The van der Waals surface area contributed by atoms with E-state index in [1.807, 2.05) is 0 Å². The van der Waals surface area contributed by atoms with Crippen LogP contribution in [0.2, 0.25) is 0 Å². The highest BCUT2D eigenvalue weighted by atomic mass is 32.2. The molecule has 0 unspecified atom stereocenters. The highest BCUT2D eigenvalue weighted by molar-refractivity contribution is 7.99. The smallest absolute Gasteiger partial charge is 0.230 e. The first-order valence-electron chi connectivity index (χ1n) is 6.05. The summed E-state index contributed by atoms with van der Waals surface area (Å²) in [6.07, 6.45) is 6.27. The molecule has 1 aliphatic rings. The lowest BCUT2D eigenvalue weighted by atomic mass is 9.95. The summed E-state index contributed by atoms with van der Waals surface area (Å²) >= 11 is 1.75. The maximum Gasteiger partial charge on any atom is 0.230 e. The molecule has 3 heteroatoms. The highest BCUT2D eigenvalue weighted by Gasteiger charge is 2.15. The minimum Gasteiger partial charge on any atom is -0.353 e. The van der Waals surface area contributed by atoms with Gasteiger partial charge in [-0.2, -0.15) is 11.8 Å². The Balaban J connectivity index is 2.06. The Kier molecular flexibility index (Phi) is 6.15.